The number of hydrogen-bond acceptors (Lipinski definition) is 1. The van der Waals surface area contributed by atoms with Gasteiger partial charge in [-0.2, -0.15) is 0 Å². The van der Waals surface area contributed by atoms with Crippen LogP contribution in [0.15, 0.2) is 24.3 Å². The monoisotopic (exact) mass is 252 g/mol. The molecule has 1 aromatic rings. The maximum atomic E-state index is 10.0. The summed E-state index contributed by atoms with van der Waals surface area (Å²) in [6.45, 7) is 11.0. The van der Waals surface area contributed by atoms with Crippen LogP contribution in [0.5, 0.6) is 0 Å². The smallest absolute Gasteiger partial charge is 0.213 e. The van der Waals surface area contributed by atoms with Crippen molar-refractivity contribution in [2.45, 2.75) is 45.6 Å². The number of benzene rings is 1. The molecular formula is C13H24OSi2. The Morgan fingerprint density at radius 3 is 1.75 bits per heavy atom. The average Bonchev–Trinajstić information content (AvgIpc) is 2.16. The Morgan fingerprint density at radius 1 is 0.938 bits per heavy atom. The van der Waals surface area contributed by atoms with Gasteiger partial charge in [0.25, 0.3) is 0 Å². The Kier molecular flexibility index (Phi) is 4.15. The van der Waals surface area contributed by atoms with Crippen molar-refractivity contribution in [2.24, 2.45) is 0 Å². The number of rotatable bonds is 4. The van der Waals surface area contributed by atoms with E-state index in [4.69, 9.17) is 0 Å². The van der Waals surface area contributed by atoms with Crippen molar-refractivity contribution in [3.05, 3.63) is 24.3 Å². The molecule has 0 saturated heterocycles. The summed E-state index contributed by atoms with van der Waals surface area (Å²) < 4.78 is 0. The standard InChI is InChI=1S/C13H24OSi2/c1-6-11-15(2,3)12-7-9-13(10-8-12)16(4,5)14/h7-10,14H,6,11H2,1-5H3. The lowest BCUT2D eigenvalue weighted by Gasteiger charge is -2.23. The topological polar surface area (TPSA) is 20.2 Å². The molecule has 3 heteroatoms. The molecule has 1 rings (SSSR count). The summed E-state index contributed by atoms with van der Waals surface area (Å²) >= 11 is 0. The molecule has 16 heavy (non-hydrogen) atoms. The fraction of sp³-hybridized carbons (Fsp3) is 0.538. The summed E-state index contributed by atoms with van der Waals surface area (Å²) in [5.41, 5.74) is 0. The molecule has 0 heterocycles. The van der Waals surface area contributed by atoms with Crippen molar-refractivity contribution < 1.29 is 4.80 Å². The van der Waals surface area contributed by atoms with Gasteiger partial charge in [-0.3, -0.25) is 0 Å². The minimum absolute atomic E-state index is 1.14. The highest BCUT2D eigenvalue weighted by Crippen LogP contribution is 2.11. The van der Waals surface area contributed by atoms with Crippen molar-refractivity contribution in [1.29, 1.82) is 0 Å². The predicted octanol–water partition coefficient (Wildman–Crippen LogP) is 2.42. The molecule has 0 aromatic heterocycles. The summed E-state index contributed by atoms with van der Waals surface area (Å²) in [5.74, 6) is 0. The summed E-state index contributed by atoms with van der Waals surface area (Å²) in [6.07, 6.45) is 1.27. The van der Waals surface area contributed by atoms with Gasteiger partial charge in [0.2, 0.25) is 8.32 Å². The minimum Gasteiger partial charge on any atom is -0.428 e. The highest BCUT2D eigenvalue weighted by Gasteiger charge is 2.24. The Labute approximate surface area is 102 Å². The Bertz CT molecular complexity index is 336. The molecule has 0 fully saturated rings. The van der Waals surface area contributed by atoms with Crippen molar-refractivity contribution >= 4 is 26.8 Å². The van der Waals surface area contributed by atoms with Gasteiger partial charge in [0.1, 0.15) is 0 Å². The molecule has 90 valence electrons. The van der Waals surface area contributed by atoms with Crippen LogP contribution in [-0.4, -0.2) is 21.2 Å². The maximum Gasteiger partial charge on any atom is 0.213 e. The first kappa shape index (κ1) is 13.7. The Morgan fingerprint density at radius 2 is 1.38 bits per heavy atom. The van der Waals surface area contributed by atoms with E-state index in [0.29, 0.717) is 0 Å². The van der Waals surface area contributed by atoms with Gasteiger partial charge in [0, 0.05) is 0 Å². The van der Waals surface area contributed by atoms with Gasteiger partial charge in [-0.05, 0) is 18.3 Å². The third-order valence-electron chi connectivity index (χ3n) is 3.25. The summed E-state index contributed by atoms with van der Waals surface area (Å²) in [4.78, 5) is 10.0. The van der Waals surface area contributed by atoms with Gasteiger partial charge in [-0.15, -0.1) is 0 Å². The lowest BCUT2D eigenvalue weighted by molar-refractivity contribution is 0.568. The van der Waals surface area contributed by atoms with E-state index in [2.05, 4.69) is 44.3 Å². The Hall–Kier alpha value is -0.386. The quantitative estimate of drug-likeness (QED) is 0.816. The molecule has 0 bridgehead atoms. The zero-order valence-electron chi connectivity index (χ0n) is 11.2. The minimum atomic E-state index is -2.12. The van der Waals surface area contributed by atoms with E-state index < -0.39 is 16.4 Å². The zero-order chi connectivity index (χ0) is 12.4. The highest BCUT2D eigenvalue weighted by molar-refractivity contribution is 6.90. The van der Waals surface area contributed by atoms with Gasteiger partial charge >= 0.3 is 0 Å². The molecule has 0 saturated carbocycles. The second-order valence-electron chi connectivity index (χ2n) is 5.77. The molecule has 1 N–H and O–H groups in total. The third-order valence-corrected chi connectivity index (χ3v) is 8.64. The second-order valence-corrected chi connectivity index (χ2v) is 14.3. The first-order chi connectivity index (χ1) is 7.27. The zero-order valence-corrected chi connectivity index (χ0v) is 13.2. The molecule has 0 aliphatic heterocycles. The van der Waals surface area contributed by atoms with Crippen LogP contribution < -0.4 is 10.4 Å². The third kappa shape index (κ3) is 3.30. The van der Waals surface area contributed by atoms with E-state index in [-0.39, 0.29) is 0 Å². The molecule has 0 aliphatic carbocycles. The predicted molar refractivity (Wildman–Crippen MR) is 78.0 cm³/mol. The van der Waals surface area contributed by atoms with Crippen LogP contribution in [-0.2, 0) is 0 Å². The SMILES string of the molecule is CCC[Si](C)(C)c1ccc([Si](C)(C)O)cc1. The first-order valence-electron chi connectivity index (χ1n) is 6.11. The molecule has 1 nitrogen and oxygen atoms in total. The van der Waals surface area contributed by atoms with Crippen molar-refractivity contribution in [3.8, 4) is 0 Å². The molecule has 0 radical (unpaired) electrons. The van der Waals surface area contributed by atoms with Crippen molar-refractivity contribution in [1.82, 2.24) is 0 Å². The summed E-state index contributed by atoms with van der Waals surface area (Å²) in [7, 11) is -3.35. The summed E-state index contributed by atoms with van der Waals surface area (Å²) in [6, 6.07) is 10.1. The molecule has 0 aliphatic rings. The van der Waals surface area contributed by atoms with Crippen molar-refractivity contribution in [2.75, 3.05) is 0 Å². The first-order valence-corrected chi connectivity index (χ1v) is 12.3. The van der Waals surface area contributed by atoms with Crippen LogP contribution in [0.1, 0.15) is 13.3 Å². The molecular weight excluding hydrogens is 228 g/mol. The molecule has 0 atom stereocenters. The molecule has 0 spiro atoms. The van der Waals surface area contributed by atoms with Gasteiger partial charge in [-0.25, -0.2) is 0 Å². The molecule has 1 aromatic carbocycles. The van der Waals surface area contributed by atoms with E-state index in [1.807, 2.05) is 13.1 Å². The van der Waals surface area contributed by atoms with E-state index in [9.17, 15) is 4.80 Å². The van der Waals surface area contributed by atoms with E-state index in [1.54, 1.807) is 0 Å². The van der Waals surface area contributed by atoms with E-state index in [0.717, 1.165) is 5.19 Å². The lowest BCUT2D eigenvalue weighted by atomic mass is 10.4. The van der Waals surface area contributed by atoms with Gasteiger partial charge in [0.15, 0.2) is 0 Å². The van der Waals surface area contributed by atoms with Gasteiger partial charge in [0.05, 0.1) is 8.07 Å². The fourth-order valence-corrected chi connectivity index (χ4v) is 5.69. The van der Waals surface area contributed by atoms with Crippen molar-refractivity contribution in [3.63, 3.8) is 0 Å². The molecule has 0 unspecified atom stereocenters. The largest absolute Gasteiger partial charge is 0.428 e. The lowest BCUT2D eigenvalue weighted by Crippen LogP contribution is -2.45. The summed E-state index contributed by atoms with van der Waals surface area (Å²) in [5, 5.41) is 2.65. The van der Waals surface area contributed by atoms with Crippen LogP contribution in [0.2, 0.25) is 32.2 Å². The fourth-order valence-electron chi connectivity index (χ4n) is 2.10. The van der Waals surface area contributed by atoms with Crippen LogP contribution >= 0.6 is 0 Å². The maximum absolute atomic E-state index is 10.0. The normalized spacial score (nSPS) is 12.9. The number of hydrogen-bond donors (Lipinski definition) is 1. The van der Waals surface area contributed by atoms with E-state index in [1.165, 1.54) is 17.7 Å². The van der Waals surface area contributed by atoms with E-state index >= 15 is 0 Å². The van der Waals surface area contributed by atoms with Crippen LogP contribution in [0.4, 0.5) is 0 Å². The highest BCUT2D eigenvalue weighted by atomic mass is 28.4. The average molecular weight is 253 g/mol. The van der Waals surface area contributed by atoms with Crippen LogP contribution in [0.25, 0.3) is 0 Å². The second kappa shape index (κ2) is 4.86. The Balaban J connectivity index is 2.95. The van der Waals surface area contributed by atoms with Crippen LogP contribution in [0, 0.1) is 0 Å². The van der Waals surface area contributed by atoms with Crippen LogP contribution in [0.3, 0.4) is 0 Å². The van der Waals surface area contributed by atoms with Gasteiger partial charge < -0.3 is 4.80 Å². The van der Waals surface area contributed by atoms with Gasteiger partial charge in [-0.1, -0.05) is 61.9 Å². The molecule has 0 amide bonds.